The number of nitrogens with one attached hydrogen (secondary N) is 1. The average molecular weight is 417 g/mol. The SMILES string of the molecule is C[C@H]1Cc2ccccc2N1C(=O)CSCc1ccc(C(=O)Nc2ccccc2)cc1. The number of para-hydroxylation sites is 2. The Morgan fingerprint density at radius 2 is 1.67 bits per heavy atom. The molecule has 1 aliphatic heterocycles. The predicted octanol–water partition coefficient (Wildman–Crippen LogP) is 5.15. The van der Waals surface area contributed by atoms with Gasteiger partial charge in [0.2, 0.25) is 5.91 Å². The Labute approximate surface area is 181 Å². The smallest absolute Gasteiger partial charge is 0.255 e. The molecular formula is C25H24N2O2S. The molecule has 1 heterocycles. The average Bonchev–Trinajstić information content (AvgIpc) is 3.10. The lowest BCUT2D eigenvalue weighted by Crippen LogP contribution is -2.37. The van der Waals surface area contributed by atoms with Crippen LogP contribution in [0.5, 0.6) is 0 Å². The van der Waals surface area contributed by atoms with Crippen LogP contribution in [-0.2, 0) is 17.0 Å². The van der Waals surface area contributed by atoms with Crippen LogP contribution in [0.3, 0.4) is 0 Å². The number of rotatable bonds is 6. The van der Waals surface area contributed by atoms with Gasteiger partial charge in [-0.3, -0.25) is 9.59 Å². The van der Waals surface area contributed by atoms with Gasteiger partial charge in [-0.1, -0.05) is 48.5 Å². The molecule has 30 heavy (non-hydrogen) atoms. The van der Waals surface area contributed by atoms with Crippen LogP contribution in [0, 0.1) is 0 Å². The molecule has 4 rings (SSSR count). The molecule has 1 atom stereocenters. The van der Waals surface area contributed by atoms with Gasteiger partial charge in [0.05, 0.1) is 5.75 Å². The number of hydrogen-bond acceptors (Lipinski definition) is 3. The normalized spacial score (nSPS) is 15.0. The Morgan fingerprint density at radius 3 is 2.43 bits per heavy atom. The first-order chi connectivity index (χ1) is 14.6. The second-order valence-corrected chi connectivity index (χ2v) is 8.44. The minimum Gasteiger partial charge on any atom is -0.322 e. The fraction of sp³-hybridized carbons (Fsp3) is 0.200. The van der Waals surface area contributed by atoms with E-state index in [2.05, 4.69) is 18.3 Å². The standard InChI is InChI=1S/C25H24N2O2S/c1-18-15-21-7-5-6-10-23(21)27(18)24(28)17-30-16-19-11-13-20(14-12-19)25(29)26-22-8-3-2-4-9-22/h2-14,18H,15-17H2,1H3,(H,26,29)/t18-/m0/s1. The largest absolute Gasteiger partial charge is 0.322 e. The van der Waals surface area contributed by atoms with Crippen LogP contribution in [0.25, 0.3) is 0 Å². The molecule has 4 nitrogen and oxygen atoms in total. The van der Waals surface area contributed by atoms with Crippen LogP contribution in [-0.4, -0.2) is 23.6 Å². The van der Waals surface area contributed by atoms with Crippen LogP contribution >= 0.6 is 11.8 Å². The van der Waals surface area contributed by atoms with Crippen molar-refractivity contribution in [3.05, 3.63) is 95.6 Å². The van der Waals surface area contributed by atoms with Gasteiger partial charge in [0.15, 0.2) is 0 Å². The molecule has 1 N–H and O–H groups in total. The van der Waals surface area contributed by atoms with Gasteiger partial charge in [-0.05, 0) is 54.8 Å². The highest BCUT2D eigenvalue weighted by atomic mass is 32.2. The first-order valence-corrected chi connectivity index (χ1v) is 11.2. The summed E-state index contributed by atoms with van der Waals surface area (Å²) < 4.78 is 0. The Balaban J connectivity index is 1.29. The topological polar surface area (TPSA) is 49.4 Å². The second-order valence-electron chi connectivity index (χ2n) is 7.46. The summed E-state index contributed by atoms with van der Waals surface area (Å²) in [7, 11) is 0. The summed E-state index contributed by atoms with van der Waals surface area (Å²) in [4.78, 5) is 27.0. The summed E-state index contributed by atoms with van der Waals surface area (Å²) in [5.41, 5.74) is 4.78. The van der Waals surface area contributed by atoms with E-state index in [4.69, 9.17) is 0 Å². The zero-order valence-electron chi connectivity index (χ0n) is 16.9. The summed E-state index contributed by atoms with van der Waals surface area (Å²) in [6.45, 7) is 2.10. The van der Waals surface area contributed by atoms with Crippen LogP contribution < -0.4 is 10.2 Å². The molecule has 0 saturated carbocycles. The van der Waals surface area contributed by atoms with Crippen molar-refractivity contribution in [2.75, 3.05) is 16.0 Å². The summed E-state index contributed by atoms with van der Waals surface area (Å²) in [5.74, 6) is 1.19. The number of amides is 2. The summed E-state index contributed by atoms with van der Waals surface area (Å²) in [5, 5.41) is 2.88. The Hall–Kier alpha value is -3.05. The Bertz CT molecular complexity index is 1030. The number of carbonyl (C=O) groups excluding carboxylic acids is 2. The van der Waals surface area contributed by atoms with Crippen LogP contribution in [0.2, 0.25) is 0 Å². The maximum Gasteiger partial charge on any atom is 0.255 e. The molecule has 0 radical (unpaired) electrons. The number of anilines is 2. The van der Waals surface area contributed by atoms with Crippen LogP contribution in [0.15, 0.2) is 78.9 Å². The molecule has 3 aromatic rings. The monoisotopic (exact) mass is 416 g/mol. The molecule has 2 amide bonds. The fourth-order valence-electron chi connectivity index (χ4n) is 3.75. The van der Waals surface area contributed by atoms with Crippen molar-refractivity contribution in [2.45, 2.75) is 25.1 Å². The summed E-state index contributed by atoms with van der Waals surface area (Å²) in [6.07, 6.45) is 0.916. The van der Waals surface area contributed by atoms with Crippen molar-refractivity contribution < 1.29 is 9.59 Å². The third kappa shape index (κ3) is 4.57. The van der Waals surface area contributed by atoms with Crippen molar-refractivity contribution in [1.82, 2.24) is 0 Å². The van der Waals surface area contributed by atoms with Crippen molar-refractivity contribution in [3.63, 3.8) is 0 Å². The van der Waals surface area contributed by atoms with Gasteiger partial charge in [0.25, 0.3) is 5.91 Å². The number of thioether (sulfide) groups is 1. The van der Waals surface area contributed by atoms with E-state index < -0.39 is 0 Å². The highest BCUT2D eigenvalue weighted by molar-refractivity contribution is 7.99. The molecule has 1 aliphatic rings. The van der Waals surface area contributed by atoms with Gasteiger partial charge in [-0.2, -0.15) is 0 Å². The third-order valence-corrected chi connectivity index (χ3v) is 6.21. The van der Waals surface area contributed by atoms with E-state index in [1.165, 1.54) is 5.56 Å². The zero-order chi connectivity index (χ0) is 20.9. The summed E-state index contributed by atoms with van der Waals surface area (Å²) >= 11 is 1.60. The van der Waals surface area contributed by atoms with E-state index in [1.807, 2.05) is 77.7 Å². The first kappa shape index (κ1) is 20.2. The van der Waals surface area contributed by atoms with Gasteiger partial charge in [0, 0.05) is 28.7 Å². The fourth-order valence-corrected chi connectivity index (χ4v) is 4.59. The van der Waals surface area contributed by atoms with Crippen molar-refractivity contribution in [3.8, 4) is 0 Å². The van der Waals surface area contributed by atoms with E-state index in [-0.39, 0.29) is 17.9 Å². The van der Waals surface area contributed by atoms with Crippen LogP contribution in [0.4, 0.5) is 11.4 Å². The molecule has 152 valence electrons. The highest BCUT2D eigenvalue weighted by Crippen LogP contribution is 2.32. The van der Waals surface area contributed by atoms with E-state index in [1.54, 1.807) is 11.8 Å². The Morgan fingerprint density at radius 1 is 0.967 bits per heavy atom. The Kier molecular flexibility index (Phi) is 6.19. The first-order valence-electron chi connectivity index (χ1n) is 10.0. The number of carbonyl (C=O) groups is 2. The number of hydrogen-bond donors (Lipinski definition) is 1. The third-order valence-electron chi connectivity index (χ3n) is 5.22. The lowest BCUT2D eigenvalue weighted by molar-refractivity contribution is -0.116. The molecule has 0 saturated heterocycles. The molecule has 0 bridgehead atoms. The maximum atomic E-state index is 12.8. The van der Waals surface area contributed by atoms with E-state index in [9.17, 15) is 9.59 Å². The second kappa shape index (κ2) is 9.18. The van der Waals surface area contributed by atoms with E-state index >= 15 is 0 Å². The summed E-state index contributed by atoms with van der Waals surface area (Å²) in [6, 6.07) is 25.3. The molecule has 0 unspecified atom stereocenters. The van der Waals surface area contributed by atoms with Crippen molar-refractivity contribution in [1.29, 1.82) is 0 Å². The van der Waals surface area contributed by atoms with E-state index in [0.717, 1.165) is 29.1 Å². The molecule has 0 aromatic heterocycles. The van der Waals surface area contributed by atoms with Gasteiger partial charge < -0.3 is 10.2 Å². The number of nitrogens with zero attached hydrogens (tertiary/aromatic N) is 1. The zero-order valence-corrected chi connectivity index (χ0v) is 17.7. The molecule has 3 aromatic carbocycles. The highest BCUT2D eigenvalue weighted by Gasteiger charge is 2.30. The van der Waals surface area contributed by atoms with Crippen LogP contribution in [0.1, 0.15) is 28.4 Å². The number of fused-ring (bicyclic) bond motifs is 1. The maximum absolute atomic E-state index is 12.8. The molecular weight excluding hydrogens is 392 g/mol. The predicted molar refractivity (Wildman–Crippen MR) is 124 cm³/mol. The van der Waals surface area contributed by atoms with E-state index in [0.29, 0.717) is 11.3 Å². The van der Waals surface area contributed by atoms with Gasteiger partial charge in [0.1, 0.15) is 0 Å². The van der Waals surface area contributed by atoms with Gasteiger partial charge >= 0.3 is 0 Å². The quantitative estimate of drug-likeness (QED) is 0.605. The number of benzene rings is 3. The molecule has 0 fully saturated rings. The lowest BCUT2D eigenvalue weighted by Gasteiger charge is -2.22. The lowest BCUT2D eigenvalue weighted by atomic mass is 10.1. The molecule has 0 aliphatic carbocycles. The minimum atomic E-state index is -0.128. The van der Waals surface area contributed by atoms with Crippen molar-refractivity contribution >= 4 is 35.0 Å². The van der Waals surface area contributed by atoms with Gasteiger partial charge in [-0.15, -0.1) is 11.8 Å². The molecule has 5 heteroatoms. The minimum absolute atomic E-state index is 0.128. The van der Waals surface area contributed by atoms with Crippen molar-refractivity contribution in [2.24, 2.45) is 0 Å². The molecule has 0 spiro atoms. The van der Waals surface area contributed by atoms with Gasteiger partial charge in [-0.25, -0.2) is 0 Å².